The van der Waals surface area contributed by atoms with E-state index in [-0.39, 0.29) is 6.61 Å². The third-order valence-corrected chi connectivity index (χ3v) is 4.23. The van der Waals surface area contributed by atoms with Crippen molar-refractivity contribution in [2.75, 3.05) is 5.01 Å². The number of allylic oxidation sites excluding steroid dienone is 3. The second-order valence-electron chi connectivity index (χ2n) is 6.34. The minimum absolute atomic E-state index is 0.0545. The van der Waals surface area contributed by atoms with Gasteiger partial charge >= 0.3 is 0 Å². The second kappa shape index (κ2) is 7.43. The lowest BCUT2D eigenvalue weighted by Gasteiger charge is -2.25. The van der Waals surface area contributed by atoms with Crippen LogP contribution in [0.15, 0.2) is 73.1 Å². The summed E-state index contributed by atoms with van der Waals surface area (Å²) in [6.07, 6.45) is 13.9. The van der Waals surface area contributed by atoms with Crippen LogP contribution in [0.5, 0.6) is 0 Å². The van der Waals surface area contributed by atoms with E-state index < -0.39 is 0 Å². The van der Waals surface area contributed by atoms with Crippen molar-refractivity contribution in [1.29, 1.82) is 0 Å². The Morgan fingerprint density at radius 2 is 1.96 bits per heavy atom. The molecule has 3 heterocycles. The summed E-state index contributed by atoms with van der Waals surface area (Å²) in [7, 11) is 1.90. The van der Waals surface area contributed by atoms with Gasteiger partial charge in [-0.25, -0.2) is 9.97 Å². The number of hydrogen-bond donors (Lipinski definition) is 2. The van der Waals surface area contributed by atoms with Crippen LogP contribution in [0.4, 0.5) is 5.69 Å². The number of benzene rings is 1. The molecule has 4 rings (SSSR count). The van der Waals surface area contributed by atoms with Gasteiger partial charge in [0.1, 0.15) is 5.69 Å². The van der Waals surface area contributed by atoms with Crippen LogP contribution in [-0.4, -0.2) is 24.9 Å². The highest BCUT2D eigenvalue weighted by atomic mass is 16.3. The van der Waals surface area contributed by atoms with Crippen LogP contribution in [-0.2, 0) is 20.1 Å². The first kappa shape index (κ1) is 17.0. The molecule has 2 aromatic heterocycles. The van der Waals surface area contributed by atoms with E-state index >= 15 is 0 Å². The first-order chi connectivity index (χ1) is 13.2. The molecule has 2 N–H and O–H groups in total. The number of nitrogens with one attached hydrogen (secondary N) is 1. The molecule has 0 amide bonds. The molecule has 27 heavy (non-hydrogen) atoms. The van der Waals surface area contributed by atoms with Crippen molar-refractivity contribution in [3.63, 3.8) is 0 Å². The van der Waals surface area contributed by atoms with E-state index in [1.807, 2.05) is 48.9 Å². The smallest absolute Gasteiger partial charge is 0.159 e. The summed E-state index contributed by atoms with van der Waals surface area (Å²) in [5, 5.41) is 15.3. The summed E-state index contributed by atoms with van der Waals surface area (Å²) < 4.78 is 1.77. The van der Waals surface area contributed by atoms with Crippen LogP contribution in [0.3, 0.4) is 0 Å². The predicted octanol–water partition coefficient (Wildman–Crippen LogP) is 2.33. The van der Waals surface area contributed by atoms with Crippen molar-refractivity contribution in [2.24, 2.45) is 7.05 Å². The fraction of sp³-hybridized carbons (Fsp3) is 0.150. The monoisotopic (exact) mass is 360 g/mol. The third-order valence-electron chi connectivity index (χ3n) is 4.23. The average Bonchev–Trinajstić information content (AvgIpc) is 3.15. The van der Waals surface area contributed by atoms with Gasteiger partial charge in [0.2, 0.25) is 0 Å². The van der Waals surface area contributed by atoms with Crippen molar-refractivity contribution in [1.82, 2.24) is 25.2 Å². The molecule has 0 saturated carbocycles. The summed E-state index contributed by atoms with van der Waals surface area (Å²) in [5.41, 5.74) is 8.27. The molecule has 7 heteroatoms. The van der Waals surface area contributed by atoms with Gasteiger partial charge in [-0.15, -0.1) is 0 Å². The number of hydrogen-bond acceptors (Lipinski definition) is 6. The van der Waals surface area contributed by atoms with Crippen molar-refractivity contribution in [2.45, 2.75) is 13.0 Å². The molecule has 0 bridgehead atoms. The molecule has 0 atom stereocenters. The number of rotatable bonds is 5. The Hall–Kier alpha value is -3.45. The number of aliphatic hydroxyl groups is 1. The SMILES string of the molecule is Cn1cc(N2C=CC=C(Cc3cccc(-c4ncc(CO)cn4)c3)N2)cn1. The average molecular weight is 360 g/mol. The molecule has 7 nitrogen and oxygen atoms in total. The Bertz CT molecular complexity index is 990. The van der Waals surface area contributed by atoms with Gasteiger partial charge in [-0.05, 0) is 23.8 Å². The number of aryl methyl sites for hydroxylation is 1. The maximum atomic E-state index is 9.12. The third kappa shape index (κ3) is 3.88. The first-order valence-corrected chi connectivity index (χ1v) is 8.64. The lowest BCUT2D eigenvalue weighted by Crippen LogP contribution is -2.34. The van der Waals surface area contributed by atoms with Crippen LogP contribution in [0.2, 0.25) is 0 Å². The molecule has 0 unspecified atom stereocenters. The molecule has 0 aliphatic carbocycles. The lowest BCUT2D eigenvalue weighted by atomic mass is 10.1. The summed E-state index contributed by atoms with van der Waals surface area (Å²) in [6, 6.07) is 8.16. The van der Waals surface area contributed by atoms with E-state index in [0.717, 1.165) is 28.9 Å². The van der Waals surface area contributed by atoms with Gasteiger partial charge < -0.3 is 5.11 Å². The first-order valence-electron chi connectivity index (χ1n) is 8.64. The molecular formula is C20H20N6O. The summed E-state index contributed by atoms with van der Waals surface area (Å²) in [4.78, 5) is 8.66. The zero-order valence-corrected chi connectivity index (χ0v) is 14.9. The Labute approximate surface area is 157 Å². The van der Waals surface area contributed by atoms with Gasteiger partial charge in [0.25, 0.3) is 0 Å². The van der Waals surface area contributed by atoms with Crippen LogP contribution in [0.1, 0.15) is 11.1 Å². The van der Waals surface area contributed by atoms with Gasteiger partial charge in [-0.2, -0.15) is 5.10 Å². The van der Waals surface area contributed by atoms with E-state index in [9.17, 15) is 0 Å². The standard InChI is InChI=1S/C20H20N6O/c1-25-13-19(12-23-25)26-7-3-6-18(24-26)9-15-4-2-5-17(8-15)20-21-10-16(14-27)11-22-20/h2-8,10-13,24,27H,9,14H2,1H3. The molecule has 0 radical (unpaired) electrons. The largest absolute Gasteiger partial charge is 0.392 e. The van der Waals surface area contributed by atoms with Gasteiger partial charge in [0, 0.05) is 48.9 Å². The van der Waals surface area contributed by atoms with Gasteiger partial charge in [-0.1, -0.05) is 18.2 Å². The Balaban J connectivity index is 1.49. The van der Waals surface area contributed by atoms with E-state index in [0.29, 0.717) is 11.4 Å². The molecule has 1 aliphatic rings. The molecule has 1 aliphatic heterocycles. The van der Waals surface area contributed by atoms with Gasteiger partial charge in [-0.3, -0.25) is 15.1 Å². The van der Waals surface area contributed by atoms with E-state index in [1.54, 1.807) is 17.1 Å². The fourth-order valence-electron chi connectivity index (χ4n) is 2.88. The lowest BCUT2D eigenvalue weighted by molar-refractivity contribution is 0.281. The Kier molecular flexibility index (Phi) is 4.67. The van der Waals surface area contributed by atoms with Crippen molar-refractivity contribution < 1.29 is 5.11 Å². The van der Waals surface area contributed by atoms with E-state index in [4.69, 9.17) is 5.11 Å². The number of anilines is 1. The van der Waals surface area contributed by atoms with E-state index in [2.05, 4.69) is 38.7 Å². The highest BCUT2D eigenvalue weighted by Gasteiger charge is 2.11. The Morgan fingerprint density at radius 1 is 1.11 bits per heavy atom. The van der Waals surface area contributed by atoms with Crippen molar-refractivity contribution in [3.8, 4) is 11.4 Å². The minimum atomic E-state index is -0.0545. The zero-order chi connectivity index (χ0) is 18.6. The van der Waals surface area contributed by atoms with Crippen molar-refractivity contribution >= 4 is 5.69 Å². The van der Waals surface area contributed by atoms with Crippen LogP contribution >= 0.6 is 0 Å². The summed E-state index contributed by atoms with van der Waals surface area (Å²) in [6.45, 7) is -0.0545. The molecule has 1 aromatic carbocycles. The minimum Gasteiger partial charge on any atom is -0.392 e. The topological polar surface area (TPSA) is 79.1 Å². The molecule has 136 valence electrons. The second-order valence-corrected chi connectivity index (χ2v) is 6.34. The molecular weight excluding hydrogens is 340 g/mol. The molecule has 0 spiro atoms. The van der Waals surface area contributed by atoms with Crippen LogP contribution in [0, 0.1) is 0 Å². The number of aliphatic hydroxyl groups excluding tert-OH is 1. The van der Waals surface area contributed by atoms with Crippen LogP contribution in [0.25, 0.3) is 11.4 Å². The molecule has 0 fully saturated rings. The summed E-state index contributed by atoms with van der Waals surface area (Å²) >= 11 is 0. The highest BCUT2D eigenvalue weighted by Crippen LogP contribution is 2.20. The maximum absolute atomic E-state index is 9.12. The molecule has 3 aromatic rings. The molecule has 0 saturated heterocycles. The highest BCUT2D eigenvalue weighted by molar-refractivity contribution is 5.56. The summed E-state index contributed by atoms with van der Waals surface area (Å²) in [5.74, 6) is 0.650. The number of aromatic nitrogens is 4. The number of nitrogens with zero attached hydrogens (tertiary/aromatic N) is 5. The van der Waals surface area contributed by atoms with Gasteiger partial charge in [0.15, 0.2) is 5.82 Å². The van der Waals surface area contributed by atoms with Crippen molar-refractivity contribution in [3.05, 3.63) is 84.2 Å². The number of hydrazine groups is 1. The zero-order valence-electron chi connectivity index (χ0n) is 14.9. The van der Waals surface area contributed by atoms with Crippen LogP contribution < -0.4 is 10.4 Å². The quantitative estimate of drug-likeness (QED) is 0.727. The van der Waals surface area contributed by atoms with Gasteiger partial charge in [0.05, 0.1) is 19.0 Å². The predicted molar refractivity (Wildman–Crippen MR) is 103 cm³/mol. The fourth-order valence-corrected chi connectivity index (χ4v) is 2.88. The van der Waals surface area contributed by atoms with E-state index in [1.165, 1.54) is 0 Å². The normalized spacial score (nSPS) is 13.4. The Morgan fingerprint density at radius 3 is 2.70 bits per heavy atom. The maximum Gasteiger partial charge on any atom is 0.159 e.